The summed E-state index contributed by atoms with van der Waals surface area (Å²) in [5.74, 6) is -1.86. The third kappa shape index (κ3) is 14.7. The van der Waals surface area contributed by atoms with Gasteiger partial charge < -0.3 is 68.6 Å². The van der Waals surface area contributed by atoms with E-state index in [1.165, 1.54) is 0 Å². The van der Waals surface area contributed by atoms with Gasteiger partial charge in [0.2, 0.25) is 0 Å². The number of rotatable bonds is 13. The van der Waals surface area contributed by atoms with Crippen molar-refractivity contribution < 1.29 is 68.6 Å². The van der Waals surface area contributed by atoms with Crippen molar-refractivity contribution in [3.05, 3.63) is 29.1 Å². The maximum Gasteiger partial charge on any atom is 0.0974 e. The van der Waals surface area contributed by atoms with Crippen LogP contribution in [0.5, 0.6) is 0 Å². The van der Waals surface area contributed by atoms with Crippen molar-refractivity contribution in [3.63, 3.8) is 0 Å². The molecule has 1 aromatic heterocycles. The molecular weight excluding hydrogens is 534 g/mol. The maximum absolute atomic E-state index is 11.2. The standard InChI is InChI=1S/C12H23N3O14P4/c16-12(17)9-1-10(3-14(5-30(18,19)20)6-31(21,22)23)13-11(2-9)4-15(7-32(24,25)26)8-33(27,28)29/h1-2H,3-8H2,(H,16,17)(H2,18,19,20)(H2,21,22,23)(H2,24,25,26)(H2,27,28,29)/p-9. The Balaban J connectivity index is 3.29. The van der Waals surface area contributed by atoms with Gasteiger partial charge in [-0.1, -0.05) is 0 Å². The smallest absolute Gasteiger partial charge is 0.0974 e. The van der Waals surface area contributed by atoms with Crippen LogP contribution in [-0.4, -0.2) is 45.9 Å². The molecule has 0 N–H and O–H groups in total. The first-order valence-corrected chi connectivity index (χ1v) is 15.2. The number of carbonyl (C=O) groups excluding carboxylic acids is 1. The minimum Gasteiger partial charge on any atom is -0.687 e. The highest BCUT2D eigenvalue weighted by atomic mass is 31.2. The molecule has 190 valence electrons. The molecule has 33 heavy (non-hydrogen) atoms. The van der Waals surface area contributed by atoms with Gasteiger partial charge in [-0.05, 0) is 12.1 Å². The number of carboxylic acid groups (broad SMARTS) is 1. The maximum atomic E-state index is 11.2. The Morgan fingerprint density at radius 3 is 1.12 bits per heavy atom. The van der Waals surface area contributed by atoms with Crippen LogP contribution in [0.25, 0.3) is 0 Å². The van der Waals surface area contributed by atoms with E-state index in [4.69, 9.17) is 0 Å². The topological polar surface area (TPSA) is 336 Å². The lowest BCUT2D eigenvalue weighted by Gasteiger charge is -2.49. The predicted octanol–water partition coefficient (Wildman–Crippen LogP) is -11.7. The van der Waals surface area contributed by atoms with Crippen LogP contribution >= 0.6 is 31.8 Å². The van der Waals surface area contributed by atoms with Crippen LogP contribution in [0.15, 0.2) is 12.1 Å². The van der Waals surface area contributed by atoms with Gasteiger partial charge in [-0.25, -0.2) is 9.80 Å². The highest BCUT2D eigenvalue weighted by molar-refractivity contribution is 7.55. The van der Waals surface area contributed by atoms with Crippen molar-refractivity contribution in [2.45, 2.75) is 13.1 Å². The molecule has 0 unspecified atom stereocenters. The van der Waals surface area contributed by atoms with Gasteiger partial charge in [-0.3, -0.25) is 4.98 Å². The molecular formula is C12H14N3O14P4-9. The van der Waals surface area contributed by atoms with Gasteiger partial charge in [-0.2, -0.15) is 0 Å². The summed E-state index contributed by atoms with van der Waals surface area (Å²) in [6.45, 7) is -1.75. The quantitative estimate of drug-likeness (QED) is 0.206. The van der Waals surface area contributed by atoms with Gasteiger partial charge in [0.05, 0.1) is 42.5 Å². The third-order valence-corrected chi connectivity index (χ3v) is 6.42. The SMILES string of the molecule is O=C([O-])c1cc(CN(C[P+]([O-])([O-])[O-])C[P+]([O-])([O-])[O-])nc(CN(C[P+]([O-])([O-])[O-])C[P+]([O-])([O-])[O-])c1. The molecule has 21 heteroatoms. The number of carboxylic acids is 1. The van der Waals surface area contributed by atoms with E-state index in [0.717, 1.165) is 12.1 Å². The Bertz CT molecular complexity index is 718. The summed E-state index contributed by atoms with van der Waals surface area (Å²) in [6.07, 6.45) is -5.81. The molecule has 1 heterocycles. The number of carbonyl (C=O) groups is 1. The van der Waals surface area contributed by atoms with Crippen molar-refractivity contribution in [3.8, 4) is 0 Å². The number of aromatic nitrogens is 1. The zero-order valence-electron chi connectivity index (χ0n) is 16.2. The first-order chi connectivity index (χ1) is 14.6. The molecule has 0 aliphatic carbocycles. The Labute approximate surface area is 189 Å². The Morgan fingerprint density at radius 2 is 0.909 bits per heavy atom. The summed E-state index contributed by atoms with van der Waals surface area (Å²) in [5.41, 5.74) is -1.59. The fourth-order valence-electron chi connectivity index (χ4n) is 2.66. The van der Waals surface area contributed by atoms with Crippen LogP contribution < -0.4 is 63.8 Å². The number of pyridine rings is 1. The van der Waals surface area contributed by atoms with Crippen LogP contribution in [0.1, 0.15) is 21.7 Å². The molecule has 0 aromatic carbocycles. The molecule has 1 rings (SSSR count). The molecule has 0 fully saturated rings. The fraction of sp³-hybridized carbons (Fsp3) is 0.500. The number of aromatic carboxylic acids is 1. The first-order valence-electron chi connectivity index (χ1n) is 8.32. The van der Waals surface area contributed by atoms with Gasteiger partial charge >= 0.3 is 0 Å². The molecule has 0 amide bonds. The van der Waals surface area contributed by atoms with Crippen molar-refractivity contribution in [2.75, 3.05) is 25.1 Å². The lowest BCUT2D eigenvalue weighted by atomic mass is 10.2. The van der Waals surface area contributed by atoms with Gasteiger partial charge in [-0.15, -0.1) is 31.8 Å². The molecule has 0 aliphatic heterocycles. The summed E-state index contributed by atoms with van der Waals surface area (Å²) in [7, 11) is -21.6. The van der Waals surface area contributed by atoms with Crippen molar-refractivity contribution in [1.29, 1.82) is 0 Å². The number of hydrogen-bond donors (Lipinski definition) is 0. The normalized spacial score (nSPS) is 13.8. The van der Waals surface area contributed by atoms with E-state index < -0.39 is 92.9 Å². The Hall–Kier alpha value is -0.220. The zero-order valence-corrected chi connectivity index (χ0v) is 19.8. The first kappa shape index (κ1) is 30.8. The van der Waals surface area contributed by atoms with E-state index in [9.17, 15) is 68.6 Å². The monoisotopic (exact) mass is 548 g/mol. The van der Waals surface area contributed by atoms with E-state index >= 15 is 0 Å². The molecule has 0 aliphatic rings. The second-order valence-corrected chi connectivity index (χ2v) is 12.8. The Kier molecular flexibility index (Phi) is 10.9. The molecule has 0 saturated heterocycles. The van der Waals surface area contributed by atoms with Gasteiger partial charge in [0.15, 0.2) is 0 Å². The fourth-order valence-corrected chi connectivity index (χ4v) is 5.73. The van der Waals surface area contributed by atoms with Crippen LogP contribution in [0, 0.1) is 0 Å². The van der Waals surface area contributed by atoms with Gasteiger partial charge in [0, 0.05) is 18.7 Å². The van der Waals surface area contributed by atoms with Crippen LogP contribution in [0.4, 0.5) is 0 Å². The average molecular weight is 548 g/mol. The molecule has 0 saturated carbocycles. The van der Waals surface area contributed by atoms with E-state index in [2.05, 4.69) is 4.98 Å². The van der Waals surface area contributed by atoms with E-state index in [-0.39, 0.29) is 0 Å². The molecule has 1 aromatic rings. The summed E-state index contributed by atoms with van der Waals surface area (Å²) in [6, 6.07) is 1.49. The lowest BCUT2D eigenvalue weighted by Crippen LogP contribution is -2.47. The lowest BCUT2D eigenvalue weighted by molar-refractivity contribution is -0.436. The largest absolute Gasteiger partial charge is 0.687 e. The second-order valence-electron chi connectivity index (χ2n) is 6.79. The highest BCUT2D eigenvalue weighted by Crippen LogP contribution is 2.37. The van der Waals surface area contributed by atoms with Crippen molar-refractivity contribution in [2.24, 2.45) is 0 Å². The second kappa shape index (κ2) is 11.7. The predicted molar refractivity (Wildman–Crippen MR) is 86.8 cm³/mol. The van der Waals surface area contributed by atoms with Gasteiger partial charge in [0.25, 0.3) is 0 Å². The molecule has 0 bridgehead atoms. The third-order valence-electron chi connectivity index (χ3n) is 3.43. The molecule has 0 atom stereocenters. The highest BCUT2D eigenvalue weighted by Gasteiger charge is 2.19. The van der Waals surface area contributed by atoms with Gasteiger partial charge in [0.1, 0.15) is 0 Å². The van der Waals surface area contributed by atoms with Crippen molar-refractivity contribution >= 4 is 37.7 Å². The van der Waals surface area contributed by atoms with E-state index in [1.54, 1.807) is 0 Å². The zero-order chi connectivity index (χ0) is 25.8. The number of hydrogen-bond acceptors (Lipinski definition) is 17. The van der Waals surface area contributed by atoms with Crippen molar-refractivity contribution in [1.82, 2.24) is 14.8 Å². The molecule has 0 radical (unpaired) electrons. The molecule has 0 spiro atoms. The molecule has 17 nitrogen and oxygen atoms in total. The van der Waals surface area contributed by atoms with Crippen LogP contribution in [-0.2, 0) is 13.1 Å². The van der Waals surface area contributed by atoms with E-state index in [1.807, 2.05) is 0 Å². The van der Waals surface area contributed by atoms with Crippen LogP contribution in [0.3, 0.4) is 0 Å². The summed E-state index contributed by atoms with van der Waals surface area (Å²) < 4.78 is 0. The van der Waals surface area contributed by atoms with E-state index in [0.29, 0.717) is 9.80 Å². The summed E-state index contributed by atoms with van der Waals surface area (Å²) in [4.78, 5) is 148. The minimum absolute atomic E-state index is 0.331. The summed E-state index contributed by atoms with van der Waals surface area (Å²) in [5, 5.41) is 11.2. The number of nitrogens with zero attached hydrogens (tertiary/aromatic N) is 3. The Morgan fingerprint density at radius 1 is 0.636 bits per heavy atom. The summed E-state index contributed by atoms with van der Waals surface area (Å²) >= 11 is 0. The van der Waals surface area contributed by atoms with Crippen LogP contribution in [0.2, 0.25) is 0 Å². The minimum atomic E-state index is -5.40. The average Bonchev–Trinajstić information content (AvgIpc) is 2.47.